The minimum atomic E-state index is -0.504. The Hall–Kier alpha value is -1.10. The van der Waals surface area contributed by atoms with Crippen LogP contribution in [0.1, 0.15) is 20.8 Å². The van der Waals surface area contributed by atoms with Crippen molar-refractivity contribution >= 4 is 11.8 Å². The topological polar surface area (TPSA) is 84.2 Å². The minimum Gasteiger partial charge on any atom is -0.354 e. The molecule has 4 N–H and O–H groups in total. The molecular formula is C9H19N3O2. The van der Waals surface area contributed by atoms with Crippen LogP contribution >= 0.6 is 0 Å². The average molecular weight is 201 g/mol. The SMILES string of the molecule is CC(C)C(=O)NCCNC(=O)C(C)N. The third-order valence-corrected chi connectivity index (χ3v) is 1.66. The van der Waals surface area contributed by atoms with Crippen LogP contribution in [0.5, 0.6) is 0 Å². The van der Waals surface area contributed by atoms with Gasteiger partial charge in [-0.25, -0.2) is 0 Å². The first kappa shape index (κ1) is 12.9. The Kier molecular flexibility index (Phi) is 5.87. The fraction of sp³-hybridized carbons (Fsp3) is 0.778. The molecule has 2 amide bonds. The molecule has 0 heterocycles. The van der Waals surface area contributed by atoms with E-state index in [0.29, 0.717) is 13.1 Å². The van der Waals surface area contributed by atoms with Gasteiger partial charge in [0.25, 0.3) is 0 Å². The number of carbonyl (C=O) groups excluding carboxylic acids is 2. The predicted molar refractivity (Wildman–Crippen MR) is 54.5 cm³/mol. The number of nitrogens with one attached hydrogen (secondary N) is 2. The first-order valence-corrected chi connectivity index (χ1v) is 4.76. The van der Waals surface area contributed by atoms with Crippen LogP contribution in [-0.4, -0.2) is 30.9 Å². The molecule has 0 aliphatic heterocycles. The zero-order chi connectivity index (χ0) is 11.1. The monoisotopic (exact) mass is 201 g/mol. The van der Waals surface area contributed by atoms with Crippen LogP contribution in [0.2, 0.25) is 0 Å². The summed E-state index contributed by atoms with van der Waals surface area (Å²) in [4.78, 5) is 22.0. The standard InChI is InChI=1S/C9H19N3O2/c1-6(2)8(13)11-4-5-12-9(14)7(3)10/h6-7H,4-5,10H2,1-3H3,(H,11,13)(H,12,14). The number of hydrogen-bond donors (Lipinski definition) is 3. The average Bonchev–Trinajstić information content (AvgIpc) is 2.11. The lowest BCUT2D eigenvalue weighted by Crippen LogP contribution is -2.42. The summed E-state index contributed by atoms with van der Waals surface area (Å²) < 4.78 is 0. The first-order chi connectivity index (χ1) is 6.45. The van der Waals surface area contributed by atoms with Crippen molar-refractivity contribution in [3.05, 3.63) is 0 Å². The van der Waals surface area contributed by atoms with Gasteiger partial charge in [0.1, 0.15) is 0 Å². The van der Waals surface area contributed by atoms with Crippen molar-refractivity contribution in [2.45, 2.75) is 26.8 Å². The first-order valence-electron chi connectivity index (χ1n) is 4.76. The fourth-order valence-corrected chi connectivity index (χ4v) is 0.737. The molecular weight excluding hydrogens is 182 g/mol. The maximum absolute atomic E-state index is 11.1. The molecule has 0 aliphatic carbocycles. The van der Waals surface area contributed by atoms with Crippen molar-refractivity contribution in [3.8, 4) is 0 Å². The van der Waals surface area contributed by atoms with Crippen molar-refractivity contribution in [3.63, 3.8) is 0 Å². The van der Waals surface area contributed by atoms with E-state index in [-0.39, 0.29) is 17.7 Å². The molecule has 0 saturated heterocycles. The van der Waals surface area contributed by atoms with E-state index in [9.17, 15) is 9.59 Å². The molecule has 0 aliphatic rings. The Morgan fingerprint density at radius 3 is 1.86 bits per heavy atom. The van der Waals surface area contributed by atoms with E-state index in [0.717, 1.165) is 0 Å². The van der Waals surface area contributed by atoms with Crippen molar-refractivity contribution in [1.29, 1.82) is 0 Å². The van der Waals surface area contributed by atoms with Crippen LogP contribution in [-0.2, 0) is 9.59 Å². The van der Waals surface area contributed by atoms with E-state index in [1.165, 1.54) is 0 Å². The van der Waals surface area contributed by atoms with Crippen LogP contribution in [0.3, 0.4) is 0 Å². The number of rotatable bonds is 5. The van der Waals surface area contributed by atoms with E-state index >= 15 is 0 Å². The molecule has 0 radical (unpaired) electrons. The molecule has 14 heavy (non-hydrogen) atoms. The van der Waals surface area contributed by atoms with Gasteiger partial charge in [0.05, 0.1) is 6.04 Å². The summed E-state index contributed by atoms with van der Waals surface area (Å²) in [5, 5.41) is 5.28. The van der Waals surface area contributed by atoms with Crippen molar-refractivity contribution in [2.75, 3.05) is 13.1 Å². The van der Waals surface area contributed by atoms with E-state index in [1.54, 1.807) is 6.92 Å². The van der Waals surface area contributed by atoms with Crippen LogP contribution in [0.15, 0.2) is 0 Å². The molecule has 5 heteroatoms. The summed E-state index contributed by atoms with van der Waals surface area (Å²) in [6.07, 6.45) is 0. The molecule has 1 atom stereocenters. The van der Waals surface area contributed by atoms with E-state index in [2.05, 4.69) is 10.6 Å². The largest absolute Gasteiger partial charge is 0.354 e. The van der Waals surface area contributed by atoms with Gasteiger partial charge in [-0.15, -0.1) is 0 Å². The third kappa shape index (κ3) is 5.53. The van der Waals surface area contributed by atoms with Crippen LogP contribution in [0.25, 0.3) is 0 Å². The van der Waals surface area contributed by atoms with E-state index in [1.807, 2.05) is 13.8 Å². The summed E-state index contributed by atoms with van der Waals surface area (Å²) in [6, 6.07) is -0.504. The highest BCUT2D eigenvalue weighted by atomic mass is 16.2. The fourth-order valence-electron chi connectivity index (χ4n) is 0.737. The number of amides is 2. The lowest BCUT2D eigenvalue weighted by atomic mass is 10.2. The van der Waals surface area contributed by atoms with Gasteiger partial charge in [-0.2, -0.15) is 0 Å². The van der Waals surface area contributed by atoms with Gasteiger partial charge < -0.3 is 16.4 Å². The zero-order valence-corrected chi connectivity index (χ0v) is 8.96. The van der Waals surface area contributed by atoms with E-state index in [4.69, 9.17) is 5.73 Å². The number of hydrogen-bond acceptors (Lipinski definition) is 3. The quantitative estimate of drug-likeness (QED) is 0.510. The second kappa shape index (κ2) is 6.37. The summed E-state index contributed by atoms with van der Waals surface area (Å²) >= 11 is 0. The highest BCUT2D eigenvalue weighted by molar-refractivity contribution is 5.81. The molecule has 0 rings (SSSR count). The van der Waals surface area contributed by atoms with Gasteiger partial charge in [-0.05, 0) is 6.92 Å². The lowest BCUT2D eigenvalue weighted by molar-refractivity contribution is -0.125. The van der Waals surface area contributed by atoms with Gasteiger partial charge in [-0.3, -0.25) is 9.59 Å². The minimum absolute atomic E-state index is 0.0138. The number of carbonyl (C=O) groups is 2. The molecule has 5 nitrogen and oxygen atoms in total. The predicted octanol–water partition coefficient (Wildman–Crippen LogP) is -0.778. The molecule has 82 valence electrons. The molecule has 0 bridgehead atoms. The Balaban J connectivity index is 3.48. The van der Waals surface area contributed by atoms with Gasteiger partial charge in [0.2, 0.25) is 11.8 Å². The maximum atomic E-state index is 11.1. The summed E-state index contributed by atoms with van der Waals surface area (Å²) in [7, 11) is 0. The third-order valence-electron chi connectivity index (χ3n) is 1.66. The maximum Gasteiger partial charge on any atom is 0.236 e. The Morgan fingerprint density at radius 1 is 1.07 bits per heavy atom. The zero-order valence-electron chi connectivity index (χ0n) is 8.96. The second-order valence-electron chi connectivity index (χ2n) is 3.53. The molecule has 0 aromatic carbocycles. The van der Waals surface area contributed by atoms with Gasteiger partial charge in [0.15, 0.2) is 0 Å². The van der Waals surface area contributed by atoms with E-state index < -0.39 is 6.04 Å². The summed E-state index contributed by atoms with van der Waals surface area (Å²) in [5.41, 5.74) is 5.33. The van der Waals surface area contributed by atoms with Crippen LogP contribution in [0.4, 0.5) is 0 Å². The lowest BCUT2D eigenvalue weighted by Gasteiger charge is -2.09. The van der Waals surface area contributed by atoms with Gasteiger partial charge in [0, 0.05) is 19.0 Å². The highest BCUT2D eigenvalue weighted by Gasteiger charge is 2.07. The molecule has 1 unspecified atom stereocenters. The Bertz CT molecular complexity index is 180. The molecule has 0 fully saturated rings. The smallest absolute Gasteiger partial charge is 0.236 e. The number of nitrogens with two attached hydrogens (primary N) is 1. The van der Waals surface area contributed by atoms with Crippen molar-refractivity contribution < 1.29 is 9.59 Å². The second-order valence-corrected chi connectivity index (χ2v) is 3.53. The van der Waals surface area contributed by atoms with Crippen molar-refractivity contribution in [1.82, 2.24) is 10.6 Å². The van der Waals surface area contributed by atoms with Crippen LogP contribution in [0, 0.1) is 5.92 Å². The molecule has 0 saturated carbocycles. The summed E-state index contributed by atoms with van der Waals surface area (Å²) in [5.74, 6) is -0.247. The Morgan fingerprint density at radius 2 is 1.50 bits per heavy atom. The van der Waals surface area contributed by atoms with Gasteiger partial charge in [-0.1, -0.05) is 13.8 Å². The van der Waals surface area contributed by atoms with Crippen molar-refractivity contribution in [2.24, 2.45) is 11.7 Å². The molecule has 0 spiro atoms. The summed E-state index contributed by atoms with van der Waals surface area (Å²) in [6.45, 7) is 6.10. The molecule has 0 aromatic heterocycles. The normalized spacial score (nSPS) is 12.4. The van der Waals surface area contributed by atoms with Gasteiger partial charge >= 0.3 is 0 Å². The molecule has 0 aromatic rings. The Labute approximate surface area is 84.4 Å². The van der Waals surface area contributed by atoms with Crippen LogP contribution < -0.4 is 16.4 Å². The highest BCUT2D eigenvalue weighted by Crippen LogP contribution is 1.88.